The van der Waals surface area contributed by atoms with Crippen LogP contribution >= 0.6 is 0 Å². The summed E-state index contributed by atoms with van der Waals surface area (Å²) in [5.74, 6) is 0.203. The van der Waals surface area contributed by atoms with Crippen LogP contribution in [0, 0.1) is 5.92 Å². The Bertz CT molecular complexity index is 758. The predicted molar refractivity (Wildman–Crippen MR) is 107 cm³/mol. The van der Waals surface area contributed by atoms with Crippen LogP contribution in [0.3, 0.4) is 0 Å². The van der Waals surface area contributed by atoms with Crippen molar-refractivity contribution in [2.24, 2.45) is 5.92 Å². The van der Waals surface area contributed by atoms with Gasteiger partial charge in [-0.15, -0.1) is 0 Å². The van der Waals surface area contributed by atoms with Crippen LogP contribution in [0.25, 0.3) is 0 Å². The minimum absolute atomic E-state index is 0.158. The van der Waals surface area contributed by atoms with Gasteiger partial charge in [-0.05, 0) is 36.2 Å². The second-order valence-corrected chi connectivity index (χ2v) is 6.68. The van der Waals surface area contributed by atoms with Crippen LogP contribution in [0.15, 0.2) is 48.5 Å². The number of carbonyl (C=O) groups excluding carboxylic acids is 2. The molecule has 0 saturated heterocycles. The van der Waals surface area contributed by atoms with Gasteiger partial charge in [-0.25, -0.2) is 4.79 Å². The average molecular weight is 354 g/mol. The lowest BCUT2D eigenvalue weighted by Crippen LogP contribution is -2.29. The number of nitrogens with one attached hydrogen (secondary N) is 3. The third-order valence-corrected chi connectivity index (χ3v) is 3.68. The highest BCUT2D eigenvalue weighted by Crippen LogP contribution is 2.23. The topological polar surface area (TPSA) is 73.5 Å². The summed E-state index contributed by atoms with van der Waals surface area (Å²) in [6, 6.07) is 14.1. The number of urea groups is 1. The first-order valence-corrected chi connectivity index (χ1v) is 8.59. The number of nitrogens with zero attached hydrogens (tertiary/aromatic N) is 1. The van der Waals surface area contributed by atoms with Crippen LogP contribution < -0.4 is 20.9 Å². The summed E-state index contributed by atoms with van der Waals surface area (Å²) < 4.78 is 0. The number of carbonyl (C=O) groups is 2. The molecule has 2 aromatic rings. The van der Waals surface area contributed by atoms with Crippen LogP contribution in [-0.2, 0) is 0 Å². The summed E-state index contributed by atoms with van der Waals surface area (Å²) >= 11 is 0. The van der Waals surface area contributed by atoms with E-state index in [0.29, 0.717) is 29.4 Å². The summed E-state index contributed by atoms with van der Waals surface area (Å²) in [6.07, 6.45) is 0. The normalized spacial score (nSPS) is 10.3. The molecule has 2 aromatic carbocycles. The Morgan fingerprint density at radius 2 is 1.62 bits per heavy atom. The average Bonchev–Trinajstić information content (AvgIpc) is 2.60. The molecule has 0 radical (unpaired) electrons. The third-order valence-electron chi connectivity index (χ3n) is 3.68. The van der Waals surface area contributed by atoms with Crippen molar-refractivity contribution in [1.82, 2.24) is 5.32 Å². The lowest BCUT2D eigenvalue weighted by molar-refractivity contribution is 0.0949. The maximum absolute atomic E-state index is 12.5. The van der Waals surface area contributed by atoms with Crippen molar-refractivity contribution >= 4 is 29.0 Å². The molecule has 26 heavy (non-hydrogen) atoms. The standard InChI is InChI=1S/C20H26N4O2/c1-14(2)13-21-19(25)17-12-16(10-11-18(17)24(3)4)23-20(26)22-15-8-6-5-7-9-15/h5-12,14H,13H2,1-4H3,(H,21,25)(H2,22,23,26). The maximum atomic E-state index is 12.5. The van der Waals surface area contributed by atoms with E-state index in [9.17, 15) is 9.59 Å². The highest BCUT2D eigenvalue weighted by Gasteiger charge is 2.15. The van der Waals surface area contributed by atoms with E-state index in [1.54, 1.807) is 24.3 Å². The maximum Gasteiger partial charge on any atom is 0.323 e. The monoisotopic (exact) mass is 354 g/mol. The smallest absolute Gasteiger partial charge is 0.323 e. The van der Waals surface area contributed by atoms with Crippen molar-refractivity contribution in [2.75, 3.05) is 36.2 Å². The van der Waals surface area contributed by atoms with Gasteiger partial charge in [0, 0.05) is 37.7 Å². The zero-order valence-corrected chi connectivity index (χ0v) is 15.7. The molecule has 3 N–H and O–H groups in total. The molecule has 0 aliphatic heterocycles. The molecule has 2 rings (SSSR count). The fourth-order valence-corrected chi connectivity index (χ4v) is 2.39. The van der Waals surface area contributed by atoms with Gasteiger partial charge in [-0.3, -0.25) is 4.79 Å². The van der Waals surface area contributed by atoms with Gasteiger partial charge in [0.05, 0.1) is 5.56 Å². The van der Waals surface area contributed by atoms with Gasteiger partial charge >= 0.3 is 6.03 Å². The highest BCUT2D eigenvalue weighted by molar-refractivity contribution is 6.03. The van der Waals surface area contributed by atoms with Crippen LogP contribution in [0.1, 0.15) is 24.2 Å². The number of benzene rings is 2. The highest BCUT2D eigenvalue weighted by atomic mass is 16.2. The summed E-state index contributed by atoms with van der Waals surface area (Å²) in [5.41, 5.74) is 2.57. The van der Waals surface area contributed by atoms with Crippen molar-refractivity contribution in [3.05, 3.63) is 54.1 Å². The summed E-state index contributed by atoms with van der Waals surface area (Å²) in [6.45, 7) is 4.68. The molecule has 0 spiro atoms. The molecule has 0 aromatic heterocycles. The van der Waals surface area contributed by atoms with Gasteiger partial charge in [-0.2, -0.15) is 0 Å². The molecule has 6 heteroatoms. The van der Waals surface area contributed by atoms with E-state index < -0.39 is 0 Å². The first kappa shape index (κ1) is 19.3. The first-order chi connectivity index (χ1) is 12.4. The number of para-hydroxylation sites is 1. The number of amides is 3. The van der Waals surface area contributed by atoms with Crippen molar-refractivity contribution in [2.45, 2.75) is 13.8 Å². The molecule has 0 fully saturated rings. The van der Waals surface area contributed by atoms with E-state index in [0.717, 1.165) is 5.69 Å². The summed E-state index contributed by atoms with van der Waals surface area (Å²) in [7, 11) is 3.76. The third kappa shape index (κ3) is 5.51. The zero-order valence-electron chi connectivity index (χ0n) is 15.7. The summed E-state index contributed by atoms with van der Waals surface area (Å²) in [4.78, 5) is 26.6. The van der Waals surface area contributed by atoms with Gasteiger partial charge in [0.1, 0.15) is 0 Å². The lowest BCUT2D eigenvalue weighted by Gasteiger charge is -2.19. The van der Waals surface area contributed by atoms with Crippen molar-refractivity contribution in [3.63, 3.8) is 0 Å². The van der Waals surface area contributed by atoms with Gasteiger partial charge in [-0.1, -0.05) is 32.0 Å². The second-order valence-electron chi connectivity index (χ2n) is 6.68. The zero-order chi connectivity index (χ0) is 19.1. The molecule has 138 valence electrons. The Labute approximate surface area is 154 Å². The Hall–Kier alpha value is -3.02. The molecule has 0 atom stereocenters. The SMILES string of the molecule is CC(C)CNC(=O)c1cc(NC(=O)Nc2ccccc2)ccc1N(C)C. The van der Waals surface area contributed by atoms with Crippen LogP contribution in [-0.4, -0.2) is 32.6 Å². The molecule has 3 amide bonds. The van der Waals surface area contributed by atoms with Crippen LogP contribution in [0.5, 0.6) is 0 Å². The second kappa shape index (κ2) is 8.89. The largest absolute Gasteiger partial charge is 0.377 e. The van der Waals surface area contributed by atoms with E-state index in [4.69, 9.17) is 0 Å². The fourth-order valence-electron chi connectivity index (χ4n) is 2.39. The Morgan fingerprint density at radius 3 is 2.23 bits per heavy atom. The Kier molecular flexibility index (Phi) is 6.60. The number of rotatable bonds is 6. The molecule has 0 bridgehead atoms. The number of hydrogen-bond acceptors (Lipinski definition) is 3. The molecular formula is C20H26N4O2. The number of hydrogen-bond donors (Lipinski definition) is 3. The van der Waals surface area contributed by atoms with Crippen molar-refractivity contribution in [3.8, 4) is 0 Å². The van der Waals surface area contributed by atoms with Gasteiger partial charge < -0.3 is 20.9 Å². The van der Waals surface area contributed by atoms with E-state index in [-0.39, 0.29) is 11.9 Å². The quantitative estimate of drug-likeness (QED) is 0.739. The fraction of sp³-hybridized carbons (Fsp3) is 0.300. The van der Waals surface area contributed by atoms with Gasteiger partial charge in [0.25, 0.3) is 5.91 Å². The minimum atomic E-state index is -0.359. The van der Waals surface area contributed by atoms with Crippen LogP contribution in [0.2, 0.25) is 0 Å². The summed E-state index contributed by atoms with van der Waals surface area (Å²) in [5, 5.41) is 8.44. The van der Waals surface area contributed by atoms with Crippen molar-refractivity contribution < 1.29 is 9.59 Å². The van der Waals surface area contributed by atoms with E-state index in [1.807, 2.05) is 57.1 Å². The van der Waals surface area contributed by atoms with E-state index in [2.05, 4.69) is 16.0 Å². The Balaban J connectivity index is 2.15. The number of anilines is 3. The van der Waals surface area contributed by atoms with Gasteiger partial charge in [0.2, 0.25) is 0 Å². The molecular weight excluding hydrogens is 328 g/mol. The first-order valence-electron chi connectivity index (χ1n) is 8.59. The molecule has 0 saturated carbocycles. The van der Waals surface area contributed by atoms with Crippen molar-refractivity contribution in [1.29, 1.82) is 0 Å². The van der Waals surface area contributed by atoms with E-state index >= 15 is 0 Å². The molecule has 0 unspecified atom stereocenters. The lowest BCUT2D eigenvalue weighted by atomic mass is 10.1. The molecule has 0 heterocycles. The van der Waals surface area contributed by atoms with E-state index in [1.165, 1.54) is 0 Å². The Morgan fingerprint density at radius 1 is 0.962 bits per heavy atom. The molecule has 0 aliphatic carbocycles. The van der Waals surface area contributed by atoms with Gasteiger partial charge in [0.15, 0.2) is 0 Å². The molecule has 0 aliphatic rings. The molecule has 6 nitrogen and oxygen atoms in total. The predicted octanol–water partition coefficient (Wildman–Crippen LogP) is 3.78. The van der Waals surface area contributed by atoms with Crippen LogP contribution in [0.4, 0.5) is 21.9 Å². The minimum Gasteiger partial charge on any atom is -0.377 e.